The fourth-order valence-electron chi connectivity index (χ4n) is 4.43. The van der Waals surface area contributed by atoms with Crippen molar-refractivity contribution in [3.8, 4) is 0 Å². The largest absolute Gasteiger partial charge is 0.459 e. The average Bonchev–Trinajstić information content (AvgIpc) is 2.95. The second-order valence-electron chi connectivity index (χ2n) is 10.8. The van der Waals surface area contributed by atoms with E-state index in [2.05, 4.69) is 30.2 Å². The minimum absolute atomic E-state index is 0.000684. The van der Waals surface area contributed by atoms with Crippen molar-refractivity contribution in [3.63, 3.8) is 0 Å². The molecule has 0 aliphatic carbocycles. The standard InChI is InChI=1S/C29H36N6O5S/c1-29(2,3)40-27(37)25(34-41(38,39)24-13-5-4-6-14-24)19-32-26(36)21-10-7-12-23(18-21)35-17-8-11-22(20-35)33-28-30-15-9-16-31-28/h4-7,9-10,12-16,18,22,25,34H,8,11,17,19-20H2,1-3H3,(H,32,36)(H,30,31,33). The molecule has 11 nitrogen and oxygen atoms in total. The maximum atomic E-state index is 13.1. The molecule has 1 fully saturated rings. The Labute approximate surface area is 240 Å². The number of sulfonamides is 1. The number of nitrogens with zero attached hydrogens (tertiary/aromatic N) is 3. The number of hydrogen-bond acceptors (Lipinski definition) is 9. The summed E-state index contributed by atoms with van der Waals surface area (Å²) in [6.45, 7) is 6.31. The van der Waals surface area contributed by atoms with Crippen molar-refractivity contribution in [2.45, 2.75) is 56.2 Å². The van der Waals surface area contributed by atoms with Gasteiger partial charge in [0.15, 0.2) is 0 Å². The van der Waals surface area contributed by atoms with Crippen LogP contribution in [0.2, 0.25) is 0 Å². The van der Waals surface area contributed by atoms with Gasteiger partial charge in [0.05, 0.1) is 4.90 Å². The van der Waals surface area contributed by atoms with Crippen molar-refractivity contribution < 1.29 is 22.7 Å². The predicted molar refractivity (Wildman–Crippen MR) is 156 cm³/mol. The van der Waals surface area contributed by atoms with Crippen LogP contribution >= 0.6 is 0 Å². The molecule has 1 aliphatic heterocycles. The lowest BCUT2D eigenvalue weighted by Gasteiger charge is -2.35. The number of carbonyl (C=O) groups is 2. The Kier molecular flexibility index (Phi) is 9.56. The molecule has 3 aromatic rings. The van der Waals surface area contributed by atoms with Crippen LogP contribution in [0.4, 0.5) is 11.6 Å². The zero-order valence-electron chi connectivity index (χ0n) is 23.4. The Morgan fingerprint density at radius 2 is 1.78 bits per heavy atom. The lowest BCUT2D eigenvalue weighted by molar-refractivity contribution is -0.156. The van der Waals surface area contributed by atoms with Gasteiger partial charge in [-0.25, -0.2) is 18.4 Å². The molecule has 218 valence electrons. The van der Waals surface area contributed by atoms with Crippen LogP contribution < -0.4 is 20.3 Å². The summed E-state index contributed by atoms with van der Waals surface area (Å²) in [4.78, 5) is 36.7. The monoisotopic (exact) mass is 580 g/mol. The van der Waals surface area contributed by atoms with Crippen LogP contribution in [-0.4, -0.2) is 67.6 Å². The van der Waals surface area contributed by atoms with Crippen molar-refractivity contribution in [1.29, 1.82) is 0 Å². The van der Waals surface area contributed by atoms with E-state index >= 15 is 0 Å². The average molecular weight is 581 g/mol. The van der Waals surface area contributed by atoms with E-state index in [0.29, 0.717) is 18.1 Å². The molecule has 0 spiro atoms. The molecule has 2 atom stereocenters. The summed E-state index contributed by atoms with van der Waals surface area (Å²) in [6.07, 6.45) is 5.32. The number of amides is 1. The second-order valence-corrected chi connectivity index (χ2v) is 12.5. The minimum atomic E-state index is -4.05. The highest BCUT2D eigenvalue weighted by molar-refractivity contribution is 7.89. The van der Waals surface area contributed by atoms with Crippen molar-refractivity contribution in [2.24, 2.45) is 0 Å². The van der Waals surface area contributed by atoms with Gasteiger partial charge in [-0.1, -0.05) is 24.3 Å². The molecule has 1 saturated heterocycles. The van der Waals surface area contributed by atoms with Crippen molar-refractivity contribution in [3.05, 3.63) is 78.6 Å². The Hall–Kier alpha value is -4.03. The number of piperidine rings is 1. The molecule has 0 bridgehead atoms. The van der Waals surface area contributed by atoms with Crippen LogP contribution in [0, 0.1) is 0 Å². The second kappa shape index (κ2) is 13.1. The number of ether oxygens (including phenoxy) is 1. The van der Waals surface area contributed by atoms with Gasteiger partial charge in [0, 0.05) is 49.3 Å². The van der Waals surface area contributed by atoms with E-state index in [4.69, 9.17) is 4.74 Å². The van der Waals surface area contributed by atoms with Gasteiger partial charge in [-0.3, -0.25) is 9.59 Å². The molecule has 4 rings (SSSR count). The number of aromatic nitrogens is 2. The Morgan fingerprint density at radius 3 is 2.49 bits per heavy atom. The van der Waals surface area contributed by atoms with Crippen LogP contribution in [0.25, 0.3) is 0 Å². The van der Waals surface area contributed by atoms with E-state index in [-0.39, 0.29) is 17.5 Å². The first kappa shape index (κ1) is 29.9. The normalized spacial score (nSPS) is 16.5. The molecule has 1 aliphatic rings. The maximum absolute atomic E-state index is 13.1. The molecule has 2 heterocycles. The van der Waals surface area contributed by atoms with E-state index in [1.165, 1.54) is 12.1 Å². The van der Waals surface area contributed by atoms with Crippen LogP contribution in [0.3, 0.4) is 0 Å². The van der Waals surface area contributed by atoms with Crippen molar-refractivity contribution in [1.82, 2.24) is 20.0 Å². The summed E-state index contributed by atoms with van der Waals surface area (Å²) in [6, 6.07) is 15.5. The van der Waals surface area contributed by atoms with Crippen LogP contribution in [0.15, 0.2) is 78.0 Å². The molecule has 1 aromatic heterocycles. The quantitative estimate of drug-likeness (QED) is 0.309. The van der Waals surface area contributed by atoms with Crippen LogP contribution in [0.5, 0.6) is 0 Å². The lowest BCUT2D eigenvalue weighted by Crippen LogP contribution is -2.50. The first-order chi connectivity index (χ1) is 19.5. The van der Waals surface area contributed by atoms with Gasteiger partial charge in [-0.2, -0.15) is 4.72 Å². The summed E-state index contributed by atoms with van der Waals surface area (Å²) < 4.78 is 33.7. The Bertz CT molecular complexity index is 1430. The third-order valence-electron chi connectivity index (χ3n) is 6.30. The first-order valence-corrected chi connectivity index (χ1v) is 15.0. The van der Waals surface area contributed by atoms with Crippen molar-refractivity contribution >= 4 is 33.5 Å². The first-order valence-electron chi connectivity index (χ1n) is 13.5. The number of hydrogen-bond donors (Lipinski definition) is 3. The molecular formula is C29H36N6O5S. The summed E-state index contributed by atoms with van der Waals surface area (Å²) in [5, 5.41) is 6.06. The van der Waals surface area contributed by atoms with Crippen LogP contribution in [0.1, 0.15) is 44.0 Å². The molecular weight excluding hydrogens is 544 g/mol. The van der Waals surface area contributed by atoms with E-state index in [0.717, 1.165) is 25.1 Å². The Balaban J connectivity index is 1.43. The molecule has 0 radical (unpaired) electrons. The summed E-state index contributed by atoms with van der Waals surface area (Å²) >= 11 is 0. The minimum Gasteiger partial charge on any atom is -0.459 e. The fourth-order valence-corrected chi connectivity index (χ4v) is 5.63. The highest BCUT2D eigenvalue weighted by Gasteiger charge is 2.30. The zero-order chi connectivity index (χ0) is 29.5. The molecule has 0 saturated carbocycles. The molecule has 2 unspecified atom stereocenters. The molecule has 1 amide bonds. The zero-order valence-corrected chi connectivity index (χ0v) is 24.2. The third-order valence-corrected chi connectivity index (χ3v) is 7.79. The van der Waals surface area contributed by atoms with Crippen LogP contribution in [-0.2, 0) is 19.6 Å². The molecule has 41 heavy (non-hydrogen) atoms. The van der Waals surface area contributed by atoms with E-state index in [9.17, 15) is 18.0 Å². The summed E-state index contributed by atoms with van der Waals surface area (Å²) in [7, 11) is -4.05. The van der Waals surface area contributed by atoms with Gasteiger partial charge < -0.3 is 20.3 Å². The van der Waals surface area contributed by atoms with Gasteiger partial charge in [-0.15, -0.1) is 0 Å². The summed E-state index contributed by atoms with van der Waals surface area (Å²) in [5.74, 6) is -0.654. The van der Waals surface area contributed by atoms with Gasteiger partial charge in [0.25, 0.3) is 5.91 Å². The highest BCUT2D eigenvalue weighted by Crippen LogP contribution is 2.22. The van der Waals surface area contributed by atoms with Crippen molar-refractivity contribution in [2.75, 3.05) is 29.9 Å². The predicted octanol–water partition coefficient (Wildman–Crippen LogP) is 2.98. The van der Waals surface area contributed by atoms with Gasteiger partial charge in [-0.05, 0) is 70.0 Å². The van der Waals surface area contributed by atoms with E-state index in [1.54, 1.807) is 75.6 Å². The third kappa shape index (κ3) is 8.73. The van der Waals surface area contributed by atoms with Gasteiger partial charge in [0.1, 0.15) is 11.6 Å². The number of rotatable bonds is 10. The fraction of sp³-hybridized carbons (Fsp3) is 0.379. The van der Waals surface area contributed by atoms with Gasteiger partial charge in [0.2, 0.25) is 16.0 Å². The number of anilines is 2. The molecule has 3 N–H and O–H groups in total. The maximum Gasteiger partial charge on any atom is 0.326 e. The number of benzene rings is 2. The number of esters is 1. The SMILES string of the molecule is CC(C)(C)OC(=O)C(CNC(=O)c1cccc(N2CCCC(Nc3ncccn3)C2)c1)NS(=O)(=O)c1ccccc1. The highest BCUT2D eigenvalue weighted by atomic mass is 32.2. The topological polar surface area (TPSA) is 143 Å². The summed E-state index contributed by atoms with van der Waals surface area (Å²) in [5.41, 5.74) is 0.420. The van der Waals surface area contributed by atoms with E-state index < -0.39 is 33.5 Å². The number of nitrogens with one attached hydrogen (secondary N) is 3. The smallest absolute Gasteiger partial charge is 0.326 e. The lowest BCUT2D eigenvalue weighted by atomic mass is 10.0. The van der Waals surface area contributed by atoms with E-state index in [1.807, 2.05) is 6.07 Å². The molecule has 12 heteroatoms. The Morgan fingerprint density at radius 1 is 1.05 bits per heavy atom. The number of carbonyl (C=O) groups excluding carboxylic acids is 2. The molecule has 2 aromatic carbocycles. The van der Waals surface area contributed by atoms with Gasteiger partial charge >= 0.3 is 5.97 Å².